The molecule has 0 amide bonds. The lowest BCUT2D eigenvalue weighted by Crippen LogP contribution is -2.02. The van der Waals surface area contributed by atoms with Crippen LogP contribution in [0.1, 0.15) is 12.5 Å². The Morgan fingerprint density at radius 3 is 2.62 bits per heavy atom. The van der Waals surface area contributed by atoms with Crippen LogP contribution in [0.3, 0.4) is 0 Å². The second-order valence-corrected chi connectivity index (χ2v) is 6.40. The number of aromatic nitrogens is 1. The molecule has 0 saturated carbocycles. The minimum atomic E-state index is -0.408. The molecule has 0 aliphatic carbocycles. The second-order valence-electron chi connectivity index (χ2n) is 5.48. The van der Waals surface area contributed by atoms with Crippen molar-refractivity contribution < 1.29 is 9.13 Å². The second kappa shape index (κ2) is 7.54. The smallest absolute Gasteiger partial charge is 0.142 e. The van der Waals surface area contributed by atoms with Crippen molar-refractivity contribution >= 4 is 21.7 Å². The fourth-order valence-corrected chi connectivity index (χ4v) is 3.06. The summed E-state index contributed by atoms with van der Waals surface area (Å²) in [5.41, 5.74) is 8.14. The average Bonchev–Trinajstić information content (AvgIpc) is 2.63. The lowest BCUT2D eigenvalue weighted by Gasteiger charge is -2.14. The maximum absolute atomic E-state index is 14.2. The summed E-state index contributed by atoms with van der Waals surface area (Å²) in [4.78, 5) is 4.22. The zero-order chi connectivity index (χ0) is 18.7. The fraction of sp³-hybridized carbons (Fsp3) is 0.100. The predicted molar refractivity (Wildman–Crippen MR) is 103 cm³/mol. The number of nitrogens with two attached hydrogens (primary N) is 1. The molecule has 1 heterocycles. The van der Waals surface area contributed by atoms with Crippen LogP contribution in [0.15, 0.2) is 53.0 Å². The van der Waals surface area contributed by atoms with Crippen LogP contribution in [0.25, 0.3) is 22.4 Å². The molecule has 0 aliphatic heterocycles. The van der Waals surface area contributed by atoms with Crippen LogP contribution in [-0.2, 0) is 0 Å². The zero-order valence-electron chi connectivity index (χ0n) is 14.0. The molecular weight excluding hydrogens is 397 g/mol. The van der Waals surface area contributed by atoms with Gasteiger partial charge in [0.25, 0.3) is 0 Å². The summed E-state index contributed by atoms with van der Waals surface area (Å²) >= 11 is 3.44. The molecule has 0 bridgehead atoms. The first kappa shape index (κ1) is 17.9. The number of nitrogen functional groups attached to an aromatic ring is 1. The van der Waals surface area contributed by atoms with Crippen molar-refractivity contribution in [1.29, 1.82) is 5.26 Å². The number of anilines is 1. The summed E-state index contributed by atoms with van der Waals surface area (Å²) < 4.78 is 20.7. The largest absolute Gasteiger partial charge is 0.493 e. The molecule has 0 fully saturated rings. The van der Waals surface area contributed by atoms with Crippen molar-refractivity contribution in [3.63, 3.8) is 0 Å². The lowest BCUT2D eigenvalue weighted by molar-refractivity contribution is 0.341. The highest BCUT2D eigenvalue weighted by molar-refractivity contribution is 9.10. The number of rotatable bonds is 4. The number of hydrogen-bond acceptors (Lipinski definition) is 4. The number of nitrogens with zero attached hydrogens (tertiary/aromatic N) is 2. The van der Waals surface area contributed by atoms with E-state index in [0.717, 1.165) is 4.47 Å². The highest BCUT2D eigenvalue weighted by Gasteiger charge is 2.18. The Morgan fingerprint density at radius 2 is 1.92 bits per heavy atom. The number of benzene rings is 2. The zero-order valence-corrected chi connectivity index (χ0v) is 15.5. The van der Waals surface area contributed by atoms with E-state index in [1.54, 1.807) is 24.3 Å². The number of ether oxygens (including phenoxy) is 1. The van der Waals surface area contributed by atoms with E-state index in [2.05, 4.69) is 27.0 Å². The van der Waals surface area contributed by atoms with E-state index in [1.165, 1.54) is 6.07 Å². The topological polar surface area (TPSA) is 71.9 Å². The number of nitriles is 1. The Labute approximate surface area is 159 Å². The van der Waals surface area contributed by atoms with Gasteiger partial charge in [-0.3, -0.25) is 0 Å². The quantitative estimate of drug-likeness (QED) is 0.642. The van der Waals surface area contributed by atoms with Crippen molar-refractivity contribution in [1.82, 2.24) is 4.98 Å². The third-order valence-electron chi connectivity index (χ3n) is 3.84. The van der Waals surface area contributed by atoms with Crippen LogP contribution in [-0.4, -0.2) is 11.6 Å². The van der Waals surface area contributed by atoms with E-state index in [9.17, 15) is 9.65 Å². The number of halogens is 2. The molecule has 130 valence electrons. The normalized spacial score (nSPS) is 10.4. The number of pyridine rings is 1. The van der Waals surface area contributed by atoms with Gasteiger partial charge in [0.1, 0.15) is 29.0 Å². The van der Waals surface area contributed by atoms with Gasteiger partial charge in [-0.15, -0.1) is 0 Å². The molecule has 3 rings (SSSR count). The minimum Gasteiger partial charge on any atom is -0.493 e. The van der Waals surface area contributed by atoms with Crippen LogP contribution in [0.2, 0.25) is 0 Å². The molecule has 2 aromatic carbocycles. The van der Waals surface area contributed by atoms with E-state index in [1.807, 2.05) is 25.1 Å². The highest BCUT2D eigenvalue weighted by atomic mass is 79.9. The Kier molecular flexibility index (Phi) is 5.19. The van der Waals surface area contributed by atoms with Crippen LogP contribution in [0.5, 0.6) is 5.75 Å². The van der Waals surface area contributed by atoms with E-state index in [0.29, 0.717) is 34.7 Å². The third-order valence-corrected chi connectivity index (χ3v) is 4.33. The molecule has 4 nitrogen and oxygen atoms in total. The molecule has 1 aromatic heterocycles. The molecular formula is C20H15BrFN3O. The molecule has 0 radical (unpaired) electrons. The summed E-state index contributed by atoms with van der Waals surface area (Å²) in [6.45, 7) is 2.35. The maximum atomic E-state index is 14.2. The van der Waals surface area contributed by atoms with Crippen molar-refractivity contribution in [3.8, 4) is 34.2 Å². The van der Waals surface area contributed by atoms with E-state index >= 15 is 0 Å². The van der Waals surface area contributed by atoms with Crippen LogP contribution >= 0.6 is 15.9 Å². The summed E-state index contributed by atoms with van der Waals surface area (Å²) in [5.74, 6) is 0.247. The average molecular weight is 412 g/mol. The van der Waals surface area contributed by atoms with E-state index in [4.69, 9.17) is 10.5 Å². The van der Waals surface area contributed by atoms with Gasteiger partial charge in [0, 0.05) is 21.2 Å². The first-order valence-electron chi connectivity index (χ1n) is 7.93. The SMILES string of the molecule is CCOc1ccc(Br)cc1-c1cc(-c2ccccc2F)nc(N)c1C#N. The lowest BCUT2D eigenvalue weighted by atomic mass is 9.97. The standard InChI is InChI=1S/C20H15BrFN3O/c1-2-26-19-8-7-12(21)9-15(19)14-10-18(25-20(24)16(14)11-23)13-5-3-4-6-17(13)22/h3-10H,2H2,1H3,(H2,24,25). The molecule has 0 aliphatic rings. The molecule has 3 aromatic rings. The first-order valence-corrected chi connectivity index (χ1v) is 8.72. The van der Waals surface area contributed by atoms with Crippen LogP contribution < -0.4 is 10.5 Å². The fourth-order valence-electron chi connectivity index (χ4n) is 2.70. The van der Waals surface area contributed by atoms with Crippen molar-refractivity contribution in [2.75, 3.05) is 12.3 Å². The minimum absolute atomic E-state index is 0.0469. The van der Waals surface area contributed by atoms with Gasteiger partial charge in [-0.25, -0.2) is 9.37 Å². The van der Waals surface area contributed by atoms with Gasteiger partial charge in [0.2, 0.25) is 0 Å². The van der Waals surface area contributed by atoms with E-state index < -0.39 is 5.82 Å². The molecule has 0 saturated heterocycles. The van der Waals surface area contributed by atoms with Gasteiger partial charge >= 0.3 is 0 Å². The molecule has 0 atom stereocenters. The van der Waals surface area contributed by atoms with Gasteiger partial charge in [-0.05, 0) is 43.3 Å². The summed E-state index contributed by atoms with van der Waals surface area (Å²) in [6, 6.07) is 15.6. The number of hydrogen-bond donors (Lipinski definition) is 1. The third kappa shape index (κ3) is 3.39. The Bertz CT molecular complexity index is 1010. The Morgan fingerprint density at radius 1 is 1.15 bits per heavy atom. The van der Waals surface area contributed by atoms with E-state index in [-0.39, 0.29) is 11.4 Å². The summed E-state index contributed by atoms with van der Waals surface area (Å²) in [6.07, 6.45) is 0. The van der Waals surface area contributed by atoms with Crippen molar-refractivity contribution in [2.24, 2.45) is 0 Å². The van der Waals surface area contributed by atoms with Crippen LogP contribution in [0, 0.1) is 17.1 Å². The molecule has 0 unspecified atom stereocenters. The molecule has 26 heavy (non-hydrogen) atoms. The van der Waals surface area contributed by atoms with Crippen molar-refractivity contribution in [3.05, 3.63) is 64.4 Å². The monoisotopic (exact) mass is 411 g/mol. The van der Waals surface area contributed by atoms with Gasteiger partial charge in [0.05, 0.1) is 12.3 Å². The van der Waals surface area contributed by atoms with Gasteiger partial charge in [-0.1, -0.05) is 28.1 Å². The predicted octanol–water partition coefficient (Wildman–Crippen LogP) is 5.17. The van der Waals surface area contributed by atoms with Crippen molar-refractivity contribution in [2.45, 2.75) is 6.92 Å². The molecule has 2 N–H and O–H groups in total. The Balaban J connectivity index is 2.30. The Hall–Kier alpha value is -2.91. The summed E-state index contributed by atoms with van der Waals surface area (Å²) in [5, 5.41) is 9.57. The highest BCUT2D eigenvalue weighted by Crippen LogP contribution is 2.38. The molecule has 6 heteroatoms. The molecule has 0 spiro atoms. The van der Waals surface area contributed by atoms with Crippen LogP contribution in [0.4, 0.5) is 10.2 Å². The van der Waals surface area contributed by atoms with Gasteiger partial charge in [0.15, 0.2) is 0 Å². The van der Waals surface area contributed by atoms with Gasteiger partial charge < -0.3 is 10.5 Å². The summed E-state index contributed by atoms with van der Waals surface area (Å²) in [7, 11) is 0. The first-order chi connectivity index (χ1) is 12.5. The maximum Gasteiger partial charge on any atom is 0.142 e. The van der Waals surface area contributed by atoms with Gasteiger partial charge in [-0.2, -0.15) is 5.26 Å².